The number of anilines is 7. The molecule has 0 amide bonds. The Labute approximate surface area is 439 Å². The minimum atomic E-state index is -1.84. The van der Waals surface area contributed by atoms with Gasteiger partial charge in [0.15, 0.2) is 0 Å². The van der Waals surface area contributed by atoms with E-state index in [2.05, 4.69) is 242 Å². The maximum atomic E-state index is 2.99. The molecule has 370 valence electrons. The standard InChI is InChI=1S/C68H76BN3Si/c1-63(2,3)47-28-31-50(32-29-47)70-58-34-30-49(64(4,5)6)40-55(58)69-56-44-52(73(10,11)12)43-54-62(56)72(67(9)37-21-22-38-68(54,67)48-25-17-14-18-26-48)60-42-51(41-59(70)61(60)69)71-57-33-27-46(45-23-15-13-16-24-45)39-53(57)65(7)35-19-20-36-66(65,71)8/h13-18,23-34,39-44H,19-22,35-38H2,1-12H3. The molecule has 5 heteroatoms. The van der Waals surface area contributed by atoms with Gasteiger partial charge in [0, 0.05) is 50.6 Å². The minimum Gasteiger partial charge on any atom is -0.335 e. The zero-order chi connectivity index (χ0) is 50.8. The van der Waals surface area contributed by atoms with E-state index in [9.17, 15) is 0 Å². The summed E-state index contributed by atoms with van der Waals surface area (Å²) in [6.45, 7) is 29.9. The van der Waals surface area contributed by atoms with Crippen molar-refractivity contribution in [2.75, 3.05) is 14.7 Å². The van der Waals surface area contributed by atoms with Crippen molar-refractivity contribution in [2.45, 2.75) is 166 Å². The molecule has 4 unspecified atom stereocenters. The first-order chi connectivity index (χ1) is 34.7. The van der Waals surface area contributed by atoms with Gasteiger partial charge < -0.3 is 14.7 Å². The predicted octanol–water partition coefficient (Wildman–Crippen LogP) is 15.6. The van der Waals surface area contributed by atoms with Crippen LogP contribution in [0.15, 0.2) is 146 Å². The summed E-state index contributed by atoms with van der Waals surface area (Å²) in [4.78, 5) is 8.56. The second-order valence-electron chi connectivity index (χ2n) is 27.0. The van der Waals surface area contributed by atoms with E-state index in [1.54, 1.807) is 10.8 Å². The van der Waals surface area contributed by atoms with Gasteiger partial charge in [0.2, 0.25) is 0 Å². The zero-order valence-electron chi connectivity index (χ0n) is 45.9. The largest absolute Gasteiger partial charge is 0.335 e. The van der Waals surface area contributed by atoms with Crippen LogP contribution in [0.5, 0.6) is 0 Å². The smallest absolute Gasteiger partial charge is 0.252 e. The lowest BCUT2D eigenvalue weighted by molar-refractivity contribution is 0.195. The molecule has 7 aromatic carbocycles. The molecule has 2 saturated carbocycles. The van der Waals surface area contributed by atoms with Crippen molar-refractivity contribution in [3.8, 4) is 11.1 Å². The lowest BCUT2D eigenvalue weighted by Gasteiger charge is -2.54. The summed E-state index contributed by atoms with van der Waals surface area (Å²) in [5, 5.41) is 1.58. The van der Waals surface area contributed by atoms with E-state index >= 15 is 0 Å². The number of hydrogen-bond acceptors (Lipinski definition) is 3. The summed E-state index contributed by atoms with van der Waals surface area (Å²) in [5.41, 5.74) is 23.3. The van der Waals surface area contributed by atoms with Gasteiger partial charge in [0.25, 0.3) is 6.71 Å². The highest BCUT2D eigenvalue weighted by molar-refractivity contribution is 7.01. The van der Waals surface area contributed by atoms with E-state index in [0.29, 0.717) is 0 Å². The van der Waals surface area contributed by atoms with E-state index in [4.69, 9.17) is 0 Å². The van der Waals surface area contributed by atoms with Gasteiger partial charge in [-0.3, -0.25) is 0 Å². The topological polar surface area (TPSA) is 9.72 Å². The third-order valence-electron chi connectivity index (χ3n) is 19.9. The molecule has 0 N–H and O–H groups in total. The Morgan fingerprint density at radius 3 is 1.78 bits per heavy atom. The predicted molar refractivity (Wildman–Crippen MR) is 317 cm³/mol. The van der Waals surface area contributed by atoms with Crippen LogP contribution >= 0.6 is 0 Å². The van der Waals surface area contributed by atoms with Crippen LogP contribution in [-0.2, 0) is 21.7 Å². The van der Waals surface area contributed by atoms with Crippen LogP contribution in [0.25, 0.3) is 11.1 Å². The van der Waals surface area contributed by atoms with Crippen LogP contribution in [0.2, 0.25) is 19.6 Å². The molecule has 4 aliphatic heterocycles. The summed E-state index contributed by atoms with van der Waals surface area (Å²) in [6.07, 6.45) is 9.55. The van der Waals surface area contributed by atoms with Crippen molar-refractivity contribution in [2.24, 2.45) is 0 Å². The molecule has 6 aliphatic rings. The number of benzene rings is 7. The van der Waals surface area contributed by atoms with Crippen LogP contribution in [0.3, 0.4) is 0 Å². The number of fused-ring (bicyclic) bond motifs is 10. The van der Waals surface area contributed by atoms with Crippen molar-refractivity contribution in [3.63, 3.8) is 0 Å². The summed E-state index contributed by atoms with van der Waals surface area (Å²) < 4.78 is 0. The zero-order valence-corrected chi connectivity index (χ0v) is 46.9. The fourth-order valence-electron chi connectivity index (χ4n) is 15.7. The van der Waals surface area contributed by atoms with Gasteiger partial charge in [0.05, 0.1) is 19.2 Å². The fourth-order valence-corrected chi connectivity index (χ4v) is 16.9. The molecule has 0 saturated heterocycles. The molecule has 4 atom stereocenters. The van der Waals surface area contributed by atoms with E-state index < -0.39 is 8.07 Å². The molecule has 4 heterocycles. The Bertz CT molecular complexity index is 3380. The van der Waals surface area contributed by atoms with Crippen LogP contribution in [-0.4, -0.2) is 25.9 Å². The highest BCUT2D eigenvalue weighted by Crippen LogP contribution is 2.66. The monoisotopic (exact) mass is 974 g/mol. The SMILES string of the molecule is CC(C)(C)c1ccc(N2c3ccc(C(C)(C)C)cc3B3c4cc([Si](C)(C)C)cc5c4N(c4cc(N6c7ccc(-c8ccccc8)cc7C7(C)CCCCC67C)cc2c43)C2(C)CCCCC52c2ccccc2)cc1. The highest BCUT2D eigenvalue weighted by Gasteiger charge is 2.65. The maximum Gasteiger partial charge on any atom is 0.252 e. The molecule has 0 aromatic heterocycles. The molecule has 13 rings (SSSR count). The van der Waals surface area contributed by atoms with Crippen LogP contribution in [0.1, 0.15) is 141 Å². The first-order valence-electron chi connectivity index (χ1n) is 28.0. The van der Waals surface area contributed by atoms with Crippen molar-refractivity contribution < 1.29 is 0 Å². The average molecular weight is 974 g/mol. The Kier molecular flexibility index (Phi) is 10.1. The normalized spacial score (nSPS) is 24.7. The summed E-state index contributed by atoms with van der Waals surface area (Å²) in [7, 11) is -1.84. The van der Waals surface area contributed by atoms with Crippen molar-refractivity contribution in [1.82, 2.24) is 0 Å². The summed E-state index contributed by atoms with van der Waals surface area (Å²) in [5.74, 6) is 0. The molecule has 0 bridgehead atoms. The van der Waals surface area contributed by atoms with Crippen LogP contribution in [0.4, 0.5) is 39.8 Å². The number of nitrogens with zero attached hydrogens (tertiary/aromatic N) is 3. The summed E-state index contributed by atoms with van der Waals surface area (Å²) >= 11 is 0. The first-order valence-corrected chi connectivity index (χ1v) is 31.5. The Morgan fingerprint density at radius 2 is 1.10 bits per heavy atom. The van der Waals surface area contributed by atoms with Gasteiger partial charge in [-0.15, -0.1) is 0 Å². The Morgan fingerprint density at radius 1 is 0.479 bits per heavy atom. The average Bonchev–Trinajstić information content (AvgIpc) is 3.77. The molecule has 0 spiro atoms. The second-order valence-corrected chi connectivity index (χ2v) is 32.1. The minimum absolute atomic E-state index is 0.0185. The lowest BCUT2D eigenvalue weighted by atomic mass is 9.33. The molecule has 3 nitrogen and oxygen atoms in total. The Hall–Kier alpha value is -5.78. The van der Waals surface area contributed by atoms with E-state index in [1.807, 2.05) is 0 Å². The van der Waals surface area contributed by atoms with Gasteiger partial charge in [-0.25, -0.2) is 0 Å². The highest BCUT2D eigenvalue weighted by atomic mass is 28.3. The number of hydrogen-bond donors (Lipinski definition) is 0. The van der Waals surface area contributed by atoms with Gasteiger partial charge in [-0.2, -0.15) is 0 Å². The van der Waals surface area contributed by atoms with Crippen molar-refractivity contribution in [3.05, 3.63) is 173 Å². The van der Waals surface area contributed by atoms with E-state index in [1.165, 1.54) is 122 Å². The van der Waals surface area contributed by atoms with Gasteiger partial charge in [-0.1, -0.05) is 202 Å². The van der Waals surface area contributed by atoms with Crippen LogP contribution < -0.4 is 36.3 Å². The first kappa shape index (κ1) is 47.0. The van der Waals surface area contributed by atoms with Gasteiger partial charge in [-0.05, 0) is 148 Å². The molecule has 73 heavy (non-hydrogen) atoms. The molecule has 2 fully saturated rings. The fraction of sp³-hybridized carbons (Fsp3) is 0.382. The Balaban J connectivity index is 1.17. The van der Waals surface area contributed by atoms with Gasteiger partial charge >= 0.3 is 0 Å². The third kappa shape index (κ3) is 6.42. The lowest BCUT2D eigenvalue weighted by Crippen LogP contribution is -2.65. The molecule has 2 aliphatic carbocycles. The quantitative estimate of drug-likeness (QED) is 0.159. The van der Waals surface area contributed by atoms with Gasteiger partial charge in [0.1, 0.15) is 0 Å². The molecule has 7 aromatic rings. The molecular weight excluding hydrogens is 898 g/mol. The third-order valence-corrected chi connectivity index (χ3v) is 22.0. The van der Waals surface area contributed by atoms with Crippen molar-refractivity contribution in [1.29, 1.82) is 0 Å². The van der Waals surface area contributed by atoms with E-state index in [0.717, 1.165) is 19.3 Å². The summed E-state index contributed by atoms with van der Waals surface area (Å²) in [6, 6.07) is 58.5. The van der Waals surface area contributed by atoms with Crippen molar-refractivity contribution >= 4 is 76.2 Å². The molecular formula is C68H76BN3Si. The maximum absolute atomic E-state index is 2.99. The van der Waals surface area contributed by atoms with E-state index in [-0.39, 0.29) is 39.5 Å². The number of rotatable bonds is 5. The van der Waals surface area contributed by atoms with Crippen LogP contribution in [0, 0.1) is 0 Å². The second kappa shape index (κ2) is 15.6. The molecule has 0 radical (unpaired) electrons.